The molecule has 0 atom stereocenters. The average molecular weight is 377 g/mol. The van der Waals surface area contributed by atoms with Crippen LogP contribution in [0, 0.1) is 0 Å². The second kappa shape index (κ2) is 6.94. The van der Waals surface area contributed by atoms with Crippen LogP contribution in [0.3, 0.4) is 0 Å². The molecule has 1 fully saturated rings. The van der Waals surface area contributed by atoms with Gasteiger partial charge in [-0.2, -0.15) is 0 Å². The first-order chi connectivity index (χ1) is 12.7. The maximum atomic E-state index is 13.0. The van der Waals surface area contributed by atoms with Crippen molar-refractivity contribution in [3.63, 3.8) is 0 Å². The second-order valence-corrected chi connectivity index (χ2v) is 7.43. The molecule has 5 heteroatoms. The lowest BCUT2D eigenvalue weighted by Crippen LogP contribution is -2.27. The summed E-state index contributed by atoms with van der Waals surface area (Å²) in [4.78, 5) is 15.2. The van der Waals surface area contributed by atoms with Crippen molar-refractivity contribution in [3.8, 4) is 5.75 Å². The number of anilines is 1. The topological polar surface area (TPSA) is 29.5 Å². The first-order valence-electron chi connectivity index (χ1n) is 8.08. The molecule has 0 radical (unpaired) electrons. The lowest BCUT2D eigenvalue weighted by atomic mass is 10.0. The largest absolute Gasteiger partial charge is 0.495 e. The number of methoxy groups -OCH3 is 1. The number of rotatable bonds is 3. The van der Waals surface area contributed by atoms with E-state index in [0.29, 0.717) is 20.7 Å². The van der Waals surface area contributed by atoms with Crippen molar-refractivity contribution in [3.05, 3.63) is 77.2 Å². The number of para-hydroxylation sites is 2. The predicted octanol–water partition coefficient (Wildman–Crippen LogP) is 5.25. The molecule has 0 bridgehead atoms. The van der Waals surface area contributed by atoms with Crippen molar-refractivity contribution in [2.24, 2.45) is 0 Å². The number of thiocarbonyl (C=S) groups is 1. The Balaban J connectivity index is 1.76. The summed E-state index contributed by atoms with van der Waals surface area (Å²) in [6, 6.07) is 21.6. The molecule has 3 aromatic carbocycles. The van der Waals surface area contributed by atoms with E-state index in [4.69, 9.17) is 17.0 Å². The number of hydrogen-bond donors (Lipinski definition) is 0. The highest BCUT2D eigenvalue weighted by Crippen LogP contribution is 2.40. The van der Waals surface area contributed by atoms with Crippen LogP contribution in [0.5, 0.6) is 5.75 Å². The van der Waals surface area contributed by atoms with E-state index in [1.54, 1.807) is 7.11 Å². The Morgan fingerprint density at radius 2 is 1.73 bits per heavy atom. The van der Waals surface area contributed by atoms with Gasteiger partial charge in [-0.1, -0.05) is 78.6 Å². The average Bonchev–Trinajstić information content (AvgIpc) is 2.95. The van der Waals surface area contributed by atoms with Gasteiger partial charge in [0.05, 0.1) is 17.7 Å². The molecule has 0 aliphatic carbocycles. The van der Waals surface area contributed by atoms with Gasteiger partial charge >= 0.3 is 0 Å². The van der Waals surface area contributed by atoms with Crippen LogP contribution in [-0.4, -0.2) is 17.3 Å². The van der Waals surface area contributed by atoms with Crippen molar-refractivity contribution in [2.75, 3.05) is 12.0 Å². The smallest absolute Gasteiger partial charge is 0.270 e. The molecule has 3 aromatic rings. The molecular formula is C21H15NO2S2. The molecule has 1 saturated heterocycles. The van der Waals surface area contributed by atoms with E-state index in [1.165, 1.54) is 16.7 Å². The number of carbonyl (C=O) groups excluding carboxylic acids is 1. The predicted molar refractivity (Wildman–Crippen MR) is 113 cm³/mol. The number of benzene rings is 3. The molecule has 1 aliphatic heterocycles. The van der Waals surface area contributed by atoms with Gasteiger partial charge in [-0.25, -0.2) is 0 Å². The molecule has 1 heterocycles. The Labute approximate surface area is 161 Å². The lowest BCUT2D eigenvalue weighted by molar-refractivity contribution is -0.113. The summed E-state index contributed by atoms with van der Waals surface area (Å²) in [7, 11) is 1.59. The molecule has 3 nitrogen and oxygen atoms in total. The molecule has 1 aliphatic rings. The SMILES string of the molecule is COc1ccccc1N1C(=O)/C(=C/c2cccc3ccccc23)SC1=S. The molecule has 128 valence electrons. The minimum absolute atomic E-state index is 0.127. The number of amides is 1. The van der Waals surface area contributed by atoms with Crippen molar-refractivity contribution < 1.29 is 9.53 Å². The van der Waals surface area contributed by atoms with E-state index in [0.717, 1.165) is 16.3 Å². The van der Waals surface area contributed by atoms with Gasteiger partial charge < -0.3 is 4.74 Å². The van der Waals surface area contributed by atoms with Crippen molar-refractivity contribution in [2.45, 2.75) is 0 Å². The van der Waals surface area contributed by atoms with E-state index in [9.17, 15) is 4.79 Å². The highest BCUT2D eigenvalue weighted by atomic mass is 32.2. The summed E-state index contributed by atoms with van der Waals surface area (Å²) < 4.78 is 5.89. The van der Waals surface area contributed by atoms with E-state index in [1.807, 2.05) is 54.6 Å². The Bertz CT molecular complexity index is 1050. The summed E-state index contributed by atoms with van der Waals surface area (Å²) in [6.07, 6.45) is 1.91. The van der Waals surface area contributed by atoms with Crippen LogP contribution in [0.2, 0.25) is 0 Å². The van der Waals surface area contributed by atoms with E-state index in [2.05, 4.69) is 18.2 Å². The lowest BCUT2D eigenvalue weighted by Gasteiger charge is -2.17. The third-order valence-electron chi connectivity index (χ3n) is 4.23. The van der Waals surface area contributed by atoms with E-state index < -0.39 is 0 Å². The maximum Gasteiger partial charge on any atom is 0.270 e. The molecule has 0 aromatic heterocycles. The van der Waals surface area contributed by atoms with Crippen LogP contribution in [0.1, 0.15) is 5.56 Å². The zero-order chi connectivity index (χ0) is 18.1. The Morgan fingerprint density at radius 3 is 2.58 bits per heavy atom. The first kappa shape index (κ1) is 16.8. The second-order valence-electron chi connectivity index (χ2n) is 5.76. The molecule has 0 spiro atoms. The minimum atomic E-state index is -0.127. The van der Waals surface area contributed by atoms with Crippen LogP contribution in [0.25, 0.3) is 16.8 Å². The number of carbonyl (C=O) groups is 1. The highest BCUT2D eigenvalue weighted by Gasteiger charge is 2.34. The van der Waals surface area contributed by atoms with Crippen LogP contribution < -0.4 is 9.64 Å². The van der Waals surface area contributed by atoms with Crippen molar-refractivity contribution in [1.29, 1.82) is 0 Å². The number of hydrogen-bond acceptors (Lipinski definition) is 4. The zero-order valence-electron chi connectivity index (χ0n) is 14.0. The third kappa shape index (κ3) is 2.89. The van der Waals surface area contributed by atoms with Gasteiger partial charge in [-0.15, -0.1) is 0 Å². The molecule has 0 N–H and O–H groups in total. The van der Waals surface area contributed by atoms with Gasteiger partial charge in [0.25, 0.3) is 5.91 Å². The summed E-state index contributed by atoms with van der Waals surface area (Å²) in [6.45, 7) is 0. The van der Waals surface area contributed by atoms with Gasteiger partial charge in [0.1, 0.15) is 5.75 Å². The standard InChI is InChI=1S/C21H15NO2S2/c1-24-18-12-5-4-11-17(18)22-20(23)19(26-21(22)25)13-15-9-6-8-14-7-2-3-10-16(14)15/h2-13H,1H3/b19-13-. The number of nitrogens with zero attached hydrogens (tertiary/aromatic N) is 1. The zero-order valence-corrected chi connectivity index (χ0v) is 15.6. The summed E-state index contributed by atoms with van der Waals surface area (Å²) in [5.74, 6) is 0.493. The molecule has 26 heavy (non-hydrogen) atoms. The third-order valence-corrected chi connectivity index (χ3v) is 5.53. The van der Waals surface area contributed by atoms with Gasteiger partial charge in [0.15, 0.2) is 4.32 Å². The minimum Gasteiger partial charge on any atom is -0.495 e. The normalized spacial score (nSPS) is 15.9. The van der Waals surface area contributed by atoms with Crippen LogP contribution >= 0.6 is 24.0 Å². The van der Waals surface area contributed by atoms with Gasteiger partial charge in [-0.05, 0) is 34.5 Å². The fourth-order valence-electron chi connectivity index (χ4n) is 3.01. The molecule has 4 rings (SSSR count). The molecule has 1 amide bonds. The Kier molecular flexibility index (Phi) is 4.49. The molecule has 0 unspecified atom stereocenters. The highest BCUT2D eigenvalue weighted by molar-refractivity contribution is 8.27. The first-order valence-corrected chi connectivity index (χ1v) is 9.30. The fourth-order valence-corrected chi connectivity index (χ4v) is 4.28. The summed E-state index contributed by atoms with van der Waals surface area (Å²) in [5.41, 5.74) is 1.67. The number of ether oxygens (including phenoxy) is 1. The Morgan fingerprint density at radius 1 is 1.00 bits per heavy atom. The van der Waals surface area contributed by atoms with Crippen LogP contribution in [0.15, 0.2) is 71.6 Å². The van der Waals surface area contributed by atoms with Gasteiger partial charge in [0, 0.05) is 0 Å². The quantitative estimate of drug-likeness (QED) is 0.460. The van der Waals surface area contributed by atoms with Gasteiger partial charge in [0.2, 0.25) is 0 Å². The monoisotopic (exact) mass is 377 g/mol. The van der Waals surface area contributed by atoms with E-state index in [-0.39, 0.29) is 5.91 Å². The van der Waals surface area contributed by atoms with Crippen LogP contribution in [-0.2, 0) is 4.79 Å². The fraction of sp³-hybridized carbons (Fsp3) is 0.0476. The molecular weight excluding hydrogens is 362 g/mol. The van der Waals surface area contributed by atoms with Gasteiger partial charge in [-0.3, -0.25) is 9.69 Å². The molecule has 0 saturated carbocycles. The maximum absolute atomic E-state index is 13.0. The van der Waals surface area contributed by atoms with Crippen molar-refractivity contribution in [1.82, 2.24) is 0 Å². The Hall–Kier alpha value is -2.63. The van der Waals surface area contributed by atoms with Crippen molar-refractivity contribution >= 4 is 56.7 Å². The van der Waals surface area contributed by atoms with E-state index >= 15 is 0 Å². The summed E-state index contributed by atoms with van der Waals surface area (Å²) >= 11 is 6.78. The summed E-state index contributed by atoms with van der Waals surface area (Å²) in [5, 5.41) is 2.25. The van der Waals surface area contributed by atoms with Crippen LogP contribution in [0.4, 0.5) is 5.69 Å². The number of thioether (sulfide) groups is 1. The number of fused-ring (bicyclic) bond motifs is 1.